The third-order valence-corrected chi connectivity index (χ3v) is 1.70. The first kappa shape index (κ1) is 18.0. The molecule has 0 aliphatic heterocycles. The van der Waals surface area contributed by atoms with Crippen LogP contribution in [0.2, 0.25) is 0 Å². The van der Waals surface area contributed by atoms with E-state index in [1.165, 1.54) is 19.0 Å². The van der Waals surface area contributed by atoms with Crippen LogP contribution in [-0.4, -0.2) is 58.8 Å². The number of carbonyl (C=O) groups excluding carboxylic acids is 1. The number of nitrogens with one attached hydrogen (secondary N) is 1. The molecule has 0 aromatic carbocycles. The third kappa shape index (κ3) is 9.59. The zero-order valence-corrected chi connectivity index (χ0v) is 11.9. The highest BCUT2D eigenvalue weighted by molar-refractivity contribution is 5.60. The highest BCUT2D eigenvalue weighted by Crippen LogP contribution is 2.09. The molecule has 0 spiro atoms. The molecule has 9 nitrogen and oxygen atoms in total. The summed E-state index contributed by atoms with van der Waals surface area (Å²) in [6.07, 6.45) is -1.86. The summed E-state index contributed by atoms with van der Waals surface area (Å²) in [6, 6.07) is 0. The fourth-order valence-corrected chi connectivity index (χ4v) is 0.864. The van der Waals surface area contributed by atoms with Crippen molar-refractivity contribution in [3.8, 4) is 0 Å². The number of carbonyl (C=O) groups is 1. The van der Waals surface area contributed by atoms with Gasteiger partial charge in [-0.15, -0.1) is 0 Å². The highest BCUT2D eigenvalue weighted by Gasteiger charge is 2.20. The minimum atomic E-state index is -0.980. The molecule has 0 rings (SSSR count). The normalized spacial score (nSPS) is 13.7. The van der Waals surface area contributed by atoms with E-state index in [2.05, 4.69) is 5.59 Å². The van der Waals surface area contributed by atoms with E-state index in [0.717, 1.165) is 0 Å². The summed E-state index contributed by atoms with van der Waals surface area (Å²) in [6.45, 7) is 6.61. The maximum absolute atomic E-state index is 11.3. The zero-order chi connectivity index (χ0) is 15.1. The minimum Gasteiger partial charge on any atom is -0.429 e. The molecule has 0 fully saturated rings. The molecule has 3 N–H and O–H groups in total. The number of hydrazine groups is 2. The van der Waals surface area contributed by atoms with Crippen LogP contribution in [-0.2, 0) is 14.3 Å². The van der Waals surface area contributed by atoms with E-state index in [4.69, 9.17) is 19.4 Å². The molecule has 0 aliphatic carbocycles. The van der Waals surface area contributed by atoms with Gasteiger partial charge in [0.15, 0.2) is 0 Å². The Kier molecular flexibility index (Phi) is 7.83. The average molecular weight is 281 g/mol. The quantitative estimate of drug-likeness (QED) is 0.344. The van der Waals surface area contributed by atoms with Crippen molar-refractivity contribution in [1.82, 2.24) is 15.9 Å². The molecule has 0 saturated carbocycles. The van der Waals surface area contributed by atoms with E-state index in [0.29, 0.717) is 5.28 Å². The second kappa shape index (κ2) is 8.25. The maximum Gasteiger partial charge on any atom is 0.511 e. The van der Waals surface area contributed by atoms with E-state index >= 15 is 0 Å². The van der Waals surface area contributed by atoms with E-state index in [1.54, 1.807) is 20.8 Å². The van der Waals surface area contributed by atoms with Crippen molar-refractivity contribution >= 4 is 6.16 Å². The Labute approximate surface area is 112 Å². The maximum atomic E-state index is 11.3. The first-order chi connectivity index (χ1) is 8.65. The Hall–Kier alpha value is -0.970. The van der Waals surface area contributed by atoms with E-state index in [1.807, 2.05) is 0 Å². The lowest BCUT2D eigenvalue weighted by molar-refractivity contribution is -0.360. The molecule has 0 aromatic rings. The largest absolute Gasteiger partial charge is 0.511 e. The molecule has 0 radical (unpaired) electrons. The van der Waals surface area contributed by atoms with Gasteiger partial charge in [-0.05, 0) is 26.1 Å². The Balaban J connectivity index is 3.92. The zero-order valence-electron chi connectivity index (χ0n) is 11.9. The molecular weight excluding hydrogens is 258 g/mol. The van der Waals surface area contributed by atoms with Gasteiger partial charge in [-0.25, -0.2) is 14.6 Å². The van der Waals surface area contributed by atoms with Gasteiger partial charge >= 0.3 is 6.16 Å². The average Bonchev–Trinajstić information content (AvgIpc) is 2.23. The third-order valence-electron chi connectivity index (χ3n) is 1.70. The van der Waals surface area contributed by atoms with Gasteiger partial charge in [0, 0.05) is 20.5 Å². The van der Waals surface area contributed by atoms with Gasteiger partial charge in [-0.3, -0.25) is 5.21 Å². The van der Waals surface area contributed by atoms with Crippen LogP contribution in [0.3, 0.4) is 0 Å². The summed E-state index contributed by atoms with van der Waals surface area (Å²) in [7, 11) is 1.51. The van der Waals surface area contributed by atoms with Gasteiger partial charge in [-0.2, -0.15) is 0 Å². The molecule has 0 aromatic heterocycles. The summed E-state index contributed by atoms with van der Waals surface area (Å²) in [5.41, 5.74) is 1.45. The van der Waals surface area contributed by atoms with Crippen molar-refractivity contribution in [2.24, 2.45) is 0 Å². The van der Waals surface area contributed by atoms with Crippen LogP contribution in [0.15, 0.2) is 0 Å². The number of aliphatic hydroxyl groups excluding tert-OH is 1. The summed E-state index contributed by atoms with van der Waals surface area (Å²) >= 11 is 0. The molecule has 114 valence electrons. The fraction of sp³-hybridized carbons (Fsp3) is 0.900. The summed E-state index contributed by atoms with van der Waals surface area (Å²) in [5.74, 6) is 0. The Morgan fingerprint density at radius 3 is 2.47 bits per heavy atom. The van der Waals surface area contributed by atoms with Crippen LogP contribution in [0.5, 0.6) is 0 Å². The van der Waals surface area contributed by atoms with Gasteiger partial charge < -0.3 is 14.6 Å². The smallest absolute Gasteiger partial charge is 0.429 e. The van der Waals surface area contributed by atoms with Crippen LogP contribution in [0.1, 0.15) is 27.7 Å². The molecule has 19 heavy (non-hydrogen) atoms. The lowest BCUT2D eigenvalue weighted by atomic mass is 10.2. The lowest BCUT2D eigenvalue weighted by Crippen LogP contribution is -2.49. The van der Waals surface area contributed by atoms with Crippen LogP contribution in [0, 0.1) is 0 Å². The topological polar surface area (TPSA) is 104 Å². The number of aliphatic hydroxyl groups is 1. The SMILES string of the molecule is CC(ONN(O)N(C)CCO)OC(=O)OC(C)(C)C. The molecule has 0 saturated heterocycles. The van der Waals surface area contributed by atoms with Crippen LogP contribution in [0.25, 0.3) is 0 Å². The minimum absolute atomic E-state index is 0.140. The molecule has 0 heterocycles. The second-order valence-corrected chi connectivity index (χ2v) is 4.75. The predicted molar refractivity (Wildman–Crippen MR) is 64.3 cm³/mol. The summed E-state index contributed by atoms with van der Waals surface area (Å²) in [4.78, 5) is 16.1. The summed E-state index contributed by atoms with van der Waals surface area (Å²) < 4.78 is 9.68. The molecule has 9 heteroatoms. The van der Waals surface area contributed by atoms with Crippen LogP contribution < -0.4 is 5.59 Å². The Morgan fingerprint density at radius 2 is 2.00 bits per heavy atom. The second-order valence-electron chi connectivity index (χ2n) is 4.75. The van der Waals surface area contributed by atoms with Gasteiger partial charge in [0.25, 0.3) is 0 Å². The number of hydrogen-bond donors (Lipinski definition) is 3. The van der Waals surface area contributed by atoms with E-state index in [9.17, 15) is 10.0 Å². The van der Waals surface area contributed by atoms with Gasteiger partial charge in [0.2, 0.25) is 6.29 Å². The van der Waals surface area contributed by atoms with Gasteiger partial charge in [-0.1, -0.05) is 5.59 Å². The van der Waals surface area contributed by atoms with Crippen molar-refractivity contribution in [2.75, 3.05) is 20.2 Å². The molecular formula is C10H23N3O6. The molecule has 0 amide bonds. The molecule has 0 bridgehead atoms. The van der Waals surface area contributed by atoms with E-state index < -0.39 is 18.0 Å². The number of nitrogens with zero attached hydrogens (tertiary/aromatic N) is 2. The van der Waals surface area contributed by atoms with Crippen molar-refractivity contribution in [3.05, 3.63) is 0 Å². The molecule has 0 aliphatic rings. The standard InChI is InChI=1S/C10H23N3O6/c1-8(17-9(15)18-10(2,3)4)19-11-13(16)12(5)6-7-14/h8,11,14,16H,6-7H2,1-5H3. The number of likely N-dealkylation sites (N-methyl/N-ethyl adjacent to an activating group) is 1. The fourth-order valence-electron chi connectivity index (χ4n) is 0.864. The van der Waals surface area contributed by atoms with Crippen LogP contribution >= 0.6 is 0 Å². The van der Waals surface area contributed by atoms with Gasteiger partial charge in [0.1, 0.15) is 5.60 Å². The lowest BCUT2D eigenvalue weighted by Gasteiger charge is -2.26. The highest BCUT2D eigenvalue weighted by atomic mass is 16.9. The molecule has 1 unspecified atom stereocenters. The Bertz CT molecular complexity index is 270. The van der Waals surface area contributed by atoms with Gasteiger partial charge in [0.05, 0.1) is 6.61 Å². The number of hydrogen-bond acceptors (Lipinski definition) is 9. The predicted octanol–water partition coefficient (Wildman–Crippen LogP) is 0.251. The monoisotopic (exact) mass is 281 g/mol. The van der Waals surface area contributed by atoms with Crippen molar-refractivity contribution in [2.45, 2.75) is 39.6 Å². The van der Waals surface area contributed by atoms with E-state index in [-0.39, 0.29) is 13.2 Å². The number of rotatable bonds is 7. The Morgan fingerprint density at radius 1 is 1.42 bits per heavy atom. The first-order valence-electron chi connectivity index (χ1n) is 5.77. The van der Waals surface area contributed by atoms with Crippen molar-refractivity contribution in [1.29, 1.82) is 0 Å². The summed E-state index contributed by atoms with van der Waals surface area (Å²) in [5, 5.41) is 19.8. The van der Waals surface area contributed by atoms with Crippen molar-refractivity contribution in [3.63, 3.8) is 0 Å². The van der Waals surface area contributed by atoms with Crippen LogP contribution in [0.4, 0.5) is 4.79 Å². The first-order valence-corrected chi connectivity index (χ1v) is 5.77. The number of ether oxygens (including phenoxy) is 2. The van der Waals surface area contributed by atoms with Crippen molar-refractivity contribution < 1.29 is 29.4 Å². The molecule has 1 atom stereocenters.